The Morgan fingerprint density at radius 3 is 2.81 bits per heavy atom. The molecular formula is C17H20N2OS. The molecule has 1 aromatic heterocycles. The van der Waals surface area contributed by atoms with Gasteiger partial charge in [-0.1, -0.05) is 43.8 Å². The maximum absolute atomic E-state index is 6.19. The van der Waals surface area contributed by atoms with Crippen LogP contribution in [-0.4, -0.2) is 16.1 Å². The number of thiocarbonyl (C=S) groups is 1. The zero-order valence-electron chi connectivity index (χ0n) is 12.2. The van der Waals surface area contributed by atoms with E-state index in [-0.39, 0.29) is 6.10 Å². The van der Waals surface area contributed by atoms with Crippen LogP contribution in [-0.2, 0) is 0 Å². The third-order valence-corrected chi connectivity index (χ3v) is 4.47. The number of nitrogens with zero attached hydrogens (tertiary/aromatic N) is 1. The minimum Gasteiger partial charge on any atom is -0.474 e. The van der Waals surface area contributed by atoms with Crippen molar-refractivity contribution in [2.24, 2.45) is 11.7 Å². The van der Waals surface area contributed by atoms with E-state index < -0.39 is 0 Å². The summed E-state index contributed by atoms with van der Waals surface area (Å²) in [6.45, 7) is 2.24. The summed E-state index contributed by atoms with van der Waals surface area (Å²) in [4.78, 5) is 4.97. The van der Waals surface area contributed by atoms with Crippen molar-refractivity contribution < 1.29 is 4.74 Å². The van der Waals surface area contributed by atoms with E-state index in [9.17, 15) is 0 Å². The number of nitrogens with two attached hydrogens (primary N) is 1. The maximum atomic E-state index is 6.19. The molecular weight excluding hydrogens is 280 g/mol. The van der Waals surface area contributed by atoms with Crippen LogP contribution in [0.1, 0.15) is 38.2 Å². The van der Waals surface area contributed by atoms with Gasteiger partial charge in [0, 0.05) is 5.39 Å². The summed E-state index contributed by atoms with van der Waals surface area (Å²) >= 11 is 5.17. The second-order valence-corrected chi connectivity index (χ2v) is 6.26. The summed E-state index contributed by atoms with van der Waals surface area (Å²) in [6.07, 6.45) is 4.99. The molecule has 0 saturated heterocycles. The Bertz CT molecular complexity index is 671. The second-order valence-electron chi connectivity index (χ2n) is 5.82. The Morgan fingerprint density at radius 1 is 1.29 bits per heavy atom. The van der Waals surface area contributed by atoms with Crippen molar-refractivity contribution in [2.75, 3.05) is 0 Å². The molecule has 1 saturated carbocycles. The van der Waals surface area contributed by atoms with E-state index in [2.05, 4.69) is 11.9 Å². The minimum absolute atomic E-state index is 0.209. The van der Waals surface area contributed by atoms with Crippen LogP contribution in [0.3, 0.4) is 0 Å². The van der Waals surface area contributed by atoms with Gasteiger partial charge in [-0.2, -0.15) is 0 Å². The number of pyridine rings is 1. The Hall–Kier alpha value is -1.68. The van der Waals surface area contributed by atoms with Crippen LogP contribution < -0.4 is 10.5 Å². The average Bonchev–Trinajstić information content (AvgIpc) is 2.48. The lowest BCUT2D eigenvalue weighted by Crippen LogP contribution is -2.29. The predicted octanol–water partition coefficient (Wildman–Crippen LogP) is 3.83. The molecule has 3 nitrogen and oxygen atoms in total. The van der Waals surface area contributed by atoms with Crippen LogP contribution >= 0.6 is 12.2 Å². The Kier molecular flexibility index (Phi) is 4.06. The van der Waals surface area contributed by atoms with Crippen LogP contribution in [0.25, 0.3) is 10.9 Å². The molecule has 0 spiro atoms. The van der Waals surface area contributed by atoms with Crippen LogP contribution in [0.5, 0.6) is 5.88 Å². The molecule has 1 fully saturated rings. The molecule has 2 unspecified atom stereocenters. The van der Waals surface area contributed by atoms with Crippen molar-refractivity contribution in [1.82, 2.24) is 4.98 Å². The number of hydrogen-bond acceptors (Lipinski definition) is 3. The van der Waals surface area contributed by atoms with E-state index >= 15 is 0 Å². The predicted molar refractivity (Wildman–Crippen MR) is 89.7 cm³/mol. The smallest absolute Gasteiger partial charge is 0.224 e. The van der Waals surface area contributed by atoms with Gasteiger partial charge in [-0.25, -0.2) is 4.98 Å². The van der Waals surface area contributed by atoms with Crippen molar-refractivity contribution in [3.8, 4) is 5.88 Å². The summed E-state index contributed by atoms with van der Waals surface area (Å²) in [5.41, 5.74) is 7.51. The van der Waals surface area contributed by atoms with E-state index in [1.165, 1.54) is 19.3 Å². The number of rotatable bonds is 3. The number of fused-ring (bicyclic) bond motifs is 1. The van der Waals surface area contributed by atoms with Gasteiger partial charge < -0.3 is 10.5 Å². The highest BCUT2D eigenvalue weighted by Gasteiger charge is 2.24. The van der Waals surface area contributed by atoms with E-state index in [4.69, 9.17) is 22.7 Å². The number of ether oxygens (including phenoxy) is 1. The van der Waals surface area contributed by atoms with Crippen molar-refractivity contribution in [2.45, 2.75) is 38.7 Å². The highest BCUT2D eigenvalue weighted by Crippen LogP contribution is 2.30. The van der Waals surface area contributed by atoms with Gasteiger partial charge in [0.15, 0.2) is 0 Å². The topological polar surface area (TPSA) is 48.1 Å². The fourth-order valence-corrected chi connectivity index (χ4v) is 3.11. The van der Waals surface area contributed by atoms with Crippen LogP contribution in [0.2, 0.25) is 0 Å². The zero-order valence-corrected chi connectivity index (χ0v) is 13.0. The Balaban J connectivity index is 1.99. The van der Waals surface area contributed by atoms with E-state index in [0.29, 0.717) is 16.8 Å². The van der Waals surface area contributed by atoms with Gasteiger partial charge in [0.05, 0.1) is 11.1 Å². The summed E-state index contributed by atoms with van der Waals surface area (Å²) in [7, 11) is 0. The first-order valence-corrected chi connectivity index (χ1v) is 7.92. The van der Waals surface area contributed by atoms with Crippen molar-refractivity contribution in [3.05, 3.63) is 35.9 Å². The van der Waals surface area contributed by atoms with Gasteiger partial charge >= 0.3 is 0 Å². The third-order valence-electron chi connectivity index (χ3n) is 4.25. The molecule has 4 heteroatoms. The van der Waals surface area contributed by atoms with E-state index in [1.54, 1.807) is 0 Å². The van der Waals surface area contributed by atoms with Crippen molar-refractivity contribution in [1.29, 1.82) is 0 Å². The first kappa shape index (κ1) is 14.3. The number of benzene rings is 1. The second kappa shape index (κ2) is 5.98. The minimum atomic E-state index is 0.209. The summed E-state index contributed by atoms with van der Waals surface area (Å²) in [6, 6.07) is 9.93. The molecule has 2 aromatic rings. The molecule has 3 rings (SSSR count). The van der Waals surface area contributed by atoms with Gasteiger partial charge in [-0.3, -0.25) is 0 Å². The van der Waals surface area contributed by atoms with Crippen molar-refractivity contribution >= 4 is 28.1 Å². The van der Waals surface area contributed by atoms with Gasteiger partial charge in [0.2, 0.25) is 5.88 Å². The Morgan fingerprint density at radius 2 is 2.05 bits per heavy atom. The largest absolute Gasteiger partial charge is 0.474 e. The van der Waals surface area contributed by atoms with Crippen LogP contribution in [0.4, 0.5) is 0 Å². The van der Waals surface area contributed by atoms with Gasteiger partial charge in [0.25, 0.3) is 0 Å². The normalized spacial score (nSPS) is 22.1. The molecule has 1 heterocycles. The van der Waals surface area contributed by atoms with Crippen LogP contribution in [0, 0.1) is 5.92 Å². The van der Waals surface area contributed by atoms with Crippen LogP contribution in [0.15, 0.2) is 30.3 Å². The maximum Gasteiger partial charge on any atom is 0.224 e. The molecule has 110 valence electrons. The fourth-order valence-electron chi connectivity index (χ4n) is 2.97. The number of hydrogen-bond donors (Lipinski definition) is 1. The zero-order chi connectivity index (χ0) is 14.8. The SMILES string of the molecule is CC1CCCCC1Oc1nc2ccccc2cc1C(N)=S. The molecule has 0 amide bonds. The first-order valence-electron chi connectivity index (χ1n) is 7.51. The van der Waals surface area contributed by atoms with E-state index in [0.717, 1.165) is 22.9 Å². The molecule has 0 bridgehead atoms. The molecule has 0 radical (unpaired) electrons. The molecule has 0 aliphatic heterocycles. The first-order chi connectivity index (χ1) is 10.1. The lowest BCUT2D eigenvalue weighted by Gasteiger charge is -2.29. The van der Waals surface area contributed by atoms with Gasteiger partial charge in [-0.15, -0.1) is 0 Å². The van der Waals surface area contributed by atoms with Crippen molar-refractivity contribution in [3.63, 3.8) is 0 Å². The lowest BCUT2D eigenvalue weighted by atomic mass is 9.88. The summed E-state index contributed by atoms with van der Waals surface area (Å²) in [5, 5.41) is 1.03. The fraction of sp³-hybridized carbons (Fsp3) is 0.412. The molecule has 21 heavy (non-hydrogen) atoms. The molecule has 2 N–H and O–H groups in total. The molecule has 2 atom stereocenters. The summed E-state index contributed by atoms with van der Waals surface area (Å²) in [5.74, 6) is 1.13. The highest BCUT2D eigenvalue weighted by molar-refractivity contribution is 7.80. The highest BCUT2D eigenvalue weighted by atomic mass is 32.1. The standard InChI is InChI=1S/C17H20N2OS/c1-11-6-2-5-9-15(11)20-17-13(16(18)21)10-12-7-3-4-8-14(12)19-17/h3-4,7-8,10-11,15H,2,5-6,9H2,1H3,(H2,18,21). The molecule has 1 aliphatic carbocycles. The number of para-hydroxylation sites is 1. The third kappa shape index (κ3) is 3.00. The molecule has 1 aliphatic rings. The monoisotopic (exact) mass is 300 g/mol. The van der Waals surface area contributed by atoms with Gasteiger partial charge in [0.1, 0.15) is 11.1 Å². The Labute approximate surface area is 130 Å². The number of aromatic nitrogens is 1. The quantitative estimate of drug-likeness (QED) is 0.875. The molecule has 1 aromatic carbocycles. The van der Waals surface area contributed by atoms with Gasteiger partial charge in [-0.05, 0) is 37.3 Å². The van der Waals surface area contributed by atoms with E-state index in [1.807, 2.05) is 30.3 Å². The summed E-state index contributed by atoms with van der Waals surface area (Å²) < 4.78 is 6.19. The lowest BCUT2D eigenvalue weighted by molar-refractivity contribution is 0.0978. The average molecular weight is 300 g/mol.